The lowest BCUT2D eigenvalue weighted by Crippen LogP contribution is -2.41. The van der Waals surface area contributed by atoms with Crippen molar-refractivity contribution in [3.05, 3.63) is 0 Å². The van der Waals surface area contributed by atoms with E-state index in [0.29, 0.717) is 6.04 Å². The molecule has 1 saturated carbocycles. The van der Waals surface area contributed by atoms with Gasteiger partial charge < -0.3 is 4.90 Å². The van der Waals surface area contributed by atoms with Gasteiger partial charge in [-0.3, -0.25) is 0 Å². The van der Waals surface area contributed by atoms with Gasteiger partial charge in [-0.15, -0.1) is 0 Å². The Morgan fingerprint density at radius 2 is 2.30 bits per heavy atom. The average molecular weight is 139 g/mol. The summed E-state index contributed by atoms with van der Waals surface area (Å²) in [6, 6.07) is 0.559. The topological polar surface area (TPSA) is 34.4 Å². The minimum atomic E-state index is 0.0182. The molecule has 0 spiro atoms. The van der Waals surface area contributed by atoms with Gasteiger partial charge in [0.25, 0.3) is 0 Å². The summed E-state index contributed by atoms with van der Waals surface area (Å²) in [4.78, 5) is 12.9. The Labute approximate surface area is 60.4 Å². The Balaban J connectivity index is 1.96. The summed E-state index contributed by atoms with van der Waals surface area (Å²) >= 11 is 0. The van der Waals surface area contributed by atoms with Crippen LogP contribution in [-0.4, -0.2) is 30.1 Å². The number of amides is 2. The maximum atomic E-state index is 11.0. The van der Waals surface area contributed by atoms with Crippen LogP contribution in [0, 0.1) is 0 Å². The molecule has 2 rings (SSSR count). The Morgan fingerprint density at radius 3 is 2.70 bits per heavy atom. The minimum Gasteiger partial charge on any atom is -0.318 e. The molecule has 3 heteroatoms. The van der Waals surface area contributed by atoms with E-state index in [1.165, 1.54) is 19.3 Å². The molecule has 2 fully saturated rings. The summed E-state index contributed by atoms with van der Waals surface area (Å²) in [7, 11) is 0. The van der Waals surface area contributed by atoms with Gasteiger partial charge in [-0.2, -0.15) is 0 Å². The lowest BCUT2D eigenvalue weighted by atomic mass is 9.92. The average Bonchev–Trinajstić information content (AvgIpc) is 2.12. The van der Waals surface area contributed by atoms with Gasteiger partial charge in [-0.05, 0) is 19.3 Å². The van der Waals surface area contributed by atoms with E-state index < -0.39 is 0 Å². The number of hydrogen-bond acceptors (Lipinski definition) is 1. The second kappa shape index (κ2) is 2.15. The number of carbonyl (C=O) groups excluding carboxylic acids is 1. The SMILES string of the molecule is O=C1[N]CCN1C1CCC1. The normalized spacial score (nSPS) is 26.4. The zero-order valence-corrected chi connectivity index (χ0v) is 5.92. The van der Waals surface area contributed by atoms with E-state index in [0.717, 1.165) is 13.1 Å². The molecule has 0 aromatic heterocycles. The lowest BCUT2D eigenvalue weighted by Gasteiger charge is -2.33. The molecule has 0 atom stereocenters. The molecule has 0 aromatic rings. The van der Waals surface area contributed by atoms with Crippen LogP contribution in [-0.2, 0) is 0 Å². The van der Waals surface area contributed by atoms with Crippen LogP contribution in [0.1, 0.15) is 19.3 Å². The molecule has 1 heterocycles. The fraction of sp³-hybridized carbons (Fsp3) is 0.857. The van der Waals surface area contributed by atoms with Gasteiger partial charge >= 0.3 is 6.03 Å². The zero-order valence-electron chi connectivity index (χ0n) is 5.92. The van der Waals surface area contributed by atoms with Gasteiger partial charge in [0.05, 0.1) is 6.54 Å². The van der Waals surface area contributed by atoms with E-state index in [-0.39, 0.29) is 6.03 Å². The first-order valence-corrected chi connectivity index (χ1v) is 3.86. The van der Waals surface area contributed by atoms with Gasteiger partial charge in [0.2, 0.25) is 0 Å². The lowest BCUT2D eigenvalue weighted by molar-refractivity contribution is 0.161. The molecular weight excluding hydrogens is 128 g/mol. The Morgan fingerprint density at radius 1 is 1.50 bits per heavy atom. The summed E-state index contributed by atoms with van der Waals surface area (Å²) < 4.78 is 0. The van der Waals surface area contributed by atoms with Crippen LogP contribution < -0.4 is 5.32 Å². The zero-order chi connectivity index (χ0) is 6.97. The molecule has 3 nitrogen and oxygen atoms in total. The minimum absolute atomic E-state index is 0.0182. The van der Waals surface area contributed by atoms with Crippen molar-refractivity contribution in [1.82, 2.24) is 10.2 Å². The number of urea groups is 1. The van der Waals surface area contributed by atoms with Crippen LogP contribution in [0.15, 0.2) is 0 Å². The molecule has 0 N–H and O–H groups in total. The van der Waals surface area contributed by atoms with Crippen molar-refractivity contribution in [3.63, 3.8) is 0 Å². The monoisotopic (exact) mass is 139 g/mol. The van der Waals surface area contributed by atoms with Crippen LogP contribution >= 0.6 is 0 Å². The van der Waals surface area contributed by atoms with E-state index in [2.05, 4.69) is 5.32 Å². The van der Waals surface area contributed by atoms with E-state index in [1.54, 1.807) is 0 Å². The molecule has 0 bridgehead atoms. The molecule has 1 aliphatic carbocycles. The van der Waals surface area contributed by atoms with Crippen LogP contribution in [0.25, 0.3) is 0 Å². The molecule has 0 aromatic carbocycles. The second-order valence-electron chi connectivity index (χ2n) is 2.94. The van der Waals surface area contributed by atoms with Gasteiger partial charge in [0.15, 0.2) is 0 Å². The summed E-state index contributed by atoms with van der Waals surface area (Å²) in [5.74, 6) is 0. The van der Waals surface area contributed by atoms with Crippen molar-refractivity contribution in [2.45, 2.75) is 25.3 Å². The predicted molar refractivity (Wildman–Crippen MR) is 36.7 cm³/mol. The van der Waals surface area contributed by atoms with Crippen molar-refractivity contribution in [2.24, 2.45) is 0 Å². The van der Waals surface area contributed by atoms with Crippen LogP contribution in [0.5, 0.6) is 0 Å². The third-order valence-electron chi connectivity index (χ3n) is 2.35. The smallest absolute Gasteiger partial charge is 0.318 e. The molecule has 0 unspecified atom stereocenters. The third-order valence-corrected chi connectivity index (χ3v) is 2.35. The molecule has 55 valence electrons. The van der Waals surface area contributed by atoms with Crippen molar-refractivity contribution in [1.29, 1.82) is 0 Å². The van der Waals surface area contributed by atoms with Crippen molar-refractivity contribution in [3.8, 4) is 0 Å². The molecule has 1 radical (unpaired) electrons. The highest BCUT2D eigenvalue weighted by molar-refractivity contribution is 5.76. The molecular formula is C7H11N2O. The predicted octanol–water partition coefficient (Wildman–Crippen LogP) is 0.579. The van der Waals surface area contributed by atoms with Gasteiger partial charge in [-0.1, -0.05) is 0 Å². The van der Waals surface area contributed by atoms with Crippen LogP contribution in [0.3, 0.4) is 0 Å². The van der Waals surface area contributed by atoms with Crippen molar-refractivity contribution in [2.75, 3.05) is 13.1 Å². The largest absolute Gasteiger partial charge is 0.339 e. The second-order valence-corrected chi connectivity index (χ2v) is 2.94. The standard InChI is InChI=1S/C7H11N2O/c10-7-8-4-5-9(7)6-2-1-3-6/h6H,1-5H2. The first-order valence-electron chi connectivity index (χ1n) is 3.86. The summed E-state index contributed by atoms with van der Waals surface area (Å²) in [5, 5.41) is 3.81. The first kappa shape index (κ1) is 6.01. The number of rotatable bonds is 1. The Bertz CT molecular complexity index is 154. The number of hydrogen-bond donors (Lipinski definition) is 0. The fourth-order valence-corrected chi connectivity index (χ4v) is 1.48. The van der Waals surface area contributed by atoms with Gasteiger partial charge in [0, 0.05) is 12.6 Å². The maximum Gasteiger partial charge on any atom is 0.339 e. The van der Waals surface area contributed by atoms with Crippen molar-refractivity contribution < 1.29 is 4.79 Å². The highest BCUT2D eigenvalue weighted by atomic mass is 16.2. The highest BCUT2D eigenvalue weighted by Crippen LogP contribution is 2.25. The summed E-state index contributed by atoms with van der Waals surface area (Å²) in [6.45, 7) is 1.58. The van der Waals surface area contributed by atoms with Crippen LogP contribution in [0.2, 0.25) is 0 Å². The van der Waals surface area contributed by atoms with Crippen molar-refractivity contribution >= 4 is 6.03 Å². The molecule has 1 aliphatic heterocycles. The molecule has 2 aliphatic rings. The highest BCUT2D eigenvalue weighted by Gasteiger charge is 2.32. The first-order chi connectivity index (χ1) is 4.88. The fourth-order valence-electron chi connectivity index (χ4n) is 1.48. The molecule has 2 amide bonds. The van der Waals surface area contributed by atoms with Gasteiger partial charge in [0.1, 0.15) is 0 Å². The van der Waals surface area contributed by atoms with E-state index in [4.69, 9.17) is 0 Å². The molecule has 10 heavy (non-hydrogen) atoms. The third kappa shape index (κ3) is 0.770. The van der Waals surface area contributed by atoms with E-state index in [9.17, 15) is 4.79 Å². The molecule has 1 saturated heterocycles. The Kier molecular flexibility index (Phi) is 1.29. The Hall–Kier alpha value is -0.730. The quantitative estimate of drug-likeness (QED) is 0.523. The van der Waals surface area contributed by atoms with Gasteiger partial charge in [-0.25, -0.2) is 10.1 Å². The summed E-state index contributed by atoms with van der Waals surface area (Å²) in [6.07, 6.45) is 3.68. The van der Waals surface area contributed by atoms with E-state index in [1.807, 2.05) is 4.90 Å². The summed E-state index contributed by atoms with van der Waals surface area (Å²) in [5.41, 5.74) is 0. The van der Waals surface area contributed by atoms with E-state index >= 15 is 0 Å². The maximum absolute atomic E-state index is 11.0. The number of nitrogens with zero attached hydrogens (tertiary/aromatic N) is 2. The van der Waals surface area contributed by atoms with Crippen LogP contribution in [0.4, 0.5) is 4.79 Å². The number of carbonyl (C=O) groups is 1.